The lowest BCUT2D eigenvalue weighted by Crippen LogP contribution is -2.40. The Kier molecular flexibility index (Phi) is 69.0. The number of quaternary nitrogens is 1. The molecule has 526 valence electrons. The smallest absolute Gasteiger partial charge is 0.361 e. The van der Waals surface area contributed by atoms with E-state index in [1.54, 1.807) is 0 Å². The van der Waals surface area contributed by atoms with E-state index >= 15 is 0 Å². The molecule has 9 heteroatoms. The number of ether oxygens (including phenoxy) is 4. The van der Waals surface area contributed by atoms with Crippen LogP contribution in [0.1, 0.15) is 348 Å². The predicted molar refractivity (Wildman–Crippen MR) is 392 cm³/mol. The molecule has 91 heavy (non-hydrogen) atoms. The Labute approximate surface area is 562 Å². The fraction of sp³-hybridized carbons (Fsp3) is 0.768. The minimum Gasteiger partial charge on any atom is -0.477 e. The van der Waals surface area contributed by atoms with Crippen LogP contribution >= 0.6 is 0 Å². The summed E-state index contributed by atoms with van der Waals surface area (Å²) in [5.74, 6) is -2.00. The fourth-order valence-electron chi connectivity index (χ4n) is 11.0. The maximum absolute atomic E-state index is 13.0. The number of aliphatic carboxylic acids is 1. The maximum Gasteiger partial charge on any atom is 0.361 e. The number of carbonyl (C=O) groups is 3. The molecule has 2 unspecified atom stereocenters. The number of hydrogen-bond acceptors (Lipinski definition) is 7. The first-order valence-electron chi connectivity index (χ1n) is 38.4. The van der Waals surface area contributed by atoms with Crippen LogP contribution in [0.2, 0.25) is 0 Å². The molecule has 0 aromatic carbocycles. The lowest BCUT2D eigenvalue weighted by Gasteiger charge is -2.25. The van der Waals surface area contributed by atoms with Gasteiger partial charge in [-0.2, -0.15) is 0 Å². The normalized spacial score (nSPS) is 13.2. The Bertz CT molecular complexity index is 1820. The number of unbranched alkanes of at least 4 members (excludes halogenated alkanes) is 40. The van der Waals surface area contributed by atoms with Gasteiger partial charge in [0.25, 0.3) is 6.29 Å². The number of carboxylic acid groups (broad SMARTS) is 1. The topological polar surface area (TPSA) is 108 Å². The molecule has 0 amide bonds. The molecule has 9 nitrogen and oxygen atoms in total. The maximum atomic E-state index is 13.0. The quantitative estimate of drug-likeness (QED) is 0.0211. The van der Waals surface area contributed by atoms with Crippen molar-refractivity contribution in [2.75, 3.05) is 47.5 Å². The van der Waals surface area contributed by atoms with Crippen LogP contribution in [0.15, 0.2) is 97.2 Å². The summed E-state index contributed by atoms with van der Waals surface area (Å²) in [6.45, 7) is 4.78. The van der Waals surface area contributed by atoms with E-state index in [-0.39, 0.29) is 32.2 Å². The standard InChI is InChI=1S/C82H145NO8/c1-6-8-10-12-14-16-18-20-22-24-26-28-30-32-34-35-36-37-38-39-40-41-42-43-44-45-47-48-50-52-54-56-58-60-62-64-66-68-70-72-79(84)89-76-78(77-90-82(81(86)87)88-75-74-83(3,4)5)91-80(85)73-71-69-67-65-63-61-59-57-55-53-51-49-46-33-31-29-27-25-23-21-19-17-15-13-11-9-7-2/h9,11,15,17-18,20-21,23-24,26-27,29,33,46,51,53,78,82H,6-8,10,12-14,16,19,22,25,28,30-32,34-45,47-50,52,54-77H2,1-5H3/p+1/b11-9-,17-15-,20-18-,23-21-,26-24-,29-27-,46-33-,53-51-. The second kappa shape index (κ2) is 72.0. The van der Waals surface area contributed by atoms with Gasteiger partial charge in [0.1, 0.15) is 13.2 Å². The van der Waals surface area contributed by atoms with Gasteiger partial charge in [0.15, 0.2) is 6.10 Å². The highest BCUT2D eigenvalue weighted by Gasteiger charge is 2.25. The molecule has 0 radical (unpaired) electrons. The molecular formula is C82H146NO8+. The lowest BCUT2D eigenvalue weighted by molar-refractivity contribution is -0.870. The van der Waals surface area contributed by atoms with Crippen molar-refractivity contribution in [3.63, 3.8) is 0 Å². The van der Waals surface area contributed by atoms with E-state index in [0.717, 1.165) is 89.9 Å². The molecular weight excluding hydrogens is 1130 g/mol. The summed E-state index contributed by atoms with van der Waals surface area (Å²) in [5, 5.41) is 9.76. The molecule has 0 rings (SSSR count). The van der Waals surface area contributed by atoms with Crippen LogP contribution in [0.5, 0.6) is 0 Å². The molecule has 0 aromatic rings. The zero-order chi connectivity index (χ0) is 66.1. The van der Waals surface area contributed by atoms with E-state index in [1.807, 2.05) is 21.1 Å². The van der Waals surface area contributed by atoms with Gasteiger partial charge in [-0.25, -0.2) is 4.79 Å². The SMILES string of the molecule is CC/C=C\C/C=C\C/C=C\C/C=C\C/C=C\C/C=C\CCCCCCCCCCC(=O)OC(COC(=O)CCCCCCCCCCCCCCCCCCCCCCCCCCCCC/C=C\C/C=C\CCCCCCC)COC(OCC[N+](C)(C)C)C(=O)O. The Morgan fingerprint density at radius 1 is 0.341 bits per heavy atom. The molecule has 0 aromatic heterocycles. The van der Waals surface area contributed by atoms with Crippen molar-refractivity contribution in [3.8, 4) is 0 Å². The third-order valence-electron chi connectivity index (χ3n) is 16.8. The largest absolute Gasteiger partial charge is 0.477 e. The molecule has 0 saturated carbocycles. The van der Waals surface area contributed by atoms with Gasteiger partial charge in [-0.15, -0.1) is 0 Å². The van der Waals surface area contributed by atoms with Crippen molar-refractivity contribution < 1.29 is 42.9 Å². The number of rotatable bonds is 71. The number of hydrogen-bond donors (Lipinski definition) is 1. The van der Waals surface area contributed by atoms with Gasteiger partial charge in [0, 0.05) is 12.8 Å². The monoisotopic (exact) mass is 1270 g/mol. The average molecular weight is 1270 g/mol. The highest BCUT2D eigenvalue weighted by molar-refractivity contribution is 5.71. The van der Waals surface area contributed by atoms with E-state index in [2.05, 4.69) is 111 Å². The minimum absolute atomic E-state index is 0.183. The van der Waals surface area contributed by atoms with Gasteiger partial charge in [-0.1, -0.05) is 336 Å². The third kappa shape index (κ3) is 73.5. The van der Waals surface area contributed by atoms with Crippen LogP contribution in [0.3, 0.4) is 0 Å². The van der Waals surface area contributed by atoms with Crippen LogP contribution in [-0.2, 0) is 33.3 Å². The van der Waals surface area contributed by atoms with Crippen LogP contribution in [0.25, 0.3) is 0 Å². The van der Waals surface area contributed by atoms with Gasteiger partial charge in [0.05, 0.1) is 34.4 Å². The summed E-state index contributed by atoms with van der Waals surface area (Å²) in [5.41, 5.74) is 0. The van der Waals surface area contributed by atoms with Crippen molar-refractivity contribution in [2.45, 2.75) is 360 Å². The predicted octanol–water partition coefficient (Wildman–Crippen LogP) is 24.4. The van der Waals surface area contributed by atoms with Gasteiger partial charge >= 0.3 is 17.9 Å². The Balaban J connectivity index is 4.01. The summed E-state index contributed by atoms with van der Waals surface area (Å²) in [7, 11) is 5.98. The molecule has 0 fully saturated rings. The van der Waals surface area contributed by atoms with E-state index < -0.39 is 24.3 Å². The van der Waals surface area contributed by atoms with Gasteiger partial charge in [-0.05, 0) is 96.3 Å². The molecule has 0 spiro atoms. The van der Waals surface area contributed by atoms with Crippen molar-refractivity contribution in [1.82, 2.24) is 0 Å². The number of carboxylic acids is 1. The summed E-state index contributed by atoms with van der Waals surface area (Å²) in [4.78, 5) is 37.7. The fourth-order valence-corrected chi connectivity index (χ4v) is 11.0. The van der Waals surface area contributed by atoms with Gasteiger partial charge < -0.3 is 28.5 Å². The van der Waals surface area contributed by atoms with E-state index in [4.69, 9.17) is 18.9 Å². The zero-order valence-electron chi connectivity index (χ0n) is 60.2. The van der Waals surface area contributed by atoms with E-state index in [9.17, 15) is 19.5 Å². The molecule has 0 aliphatic heterocycles. The van der Waals surface area contributed by atoms with Crippen LogP contribution in [0, 0.1) is 0 Å². The Morgan fingerprint density at radius 3 is 0.934 bits per heavy atom. The number of allylic oxidation sites excluding steroid dienone is 16. The third-order valence-corrected chi connectivity index (χ3v) is 16.8. The minimum atomic E-state index is -1.52. The van der Waals surface area contributed by atoms with E-state index in [0.29, 0.717) is 23.9 Å². The van der Waals surface area contributed by atoms with Crippen LogP contribution in [-0.4, -0.2) is 87.4 Å². The Hall–Kier alpha value is -3.79. The highest BCUT2D eigenvalue weighted by atomic mass is 16.7. The highest BCUT2D eigenvalue weighted by Crippen LogP contribution is 2.19. The van der Waals surface area contributed by atoms with Crippen molar-refractivity contribution in [3.05, 3.63) is 97.2 Å². The summed E-state index contributed by atoms with van der Waals surface area (Å²) in [6, 6.07) is 0. The van der Waals surface area contributed by atoms with Gasteiger partial charge in [0.2, 0.25) is 0 Å². The van der Waals surface area contributed by atoms with Crippen molar-refractivity contribution in [1.29, 1.82) is 0 Å². The number of carbonyl (C=O) groups excluding carboxylic acids is 2. The molecule has 1 N–H and O–H groups in total. The second-order valence-corrected chi connectivity index (χ2v) is 26.9. The van der Waals surface area contributed by atoms with E-state index in [1.165, 1.54) is 225 Å². The van der Waals surface area contributed by atoms with Crippen LogP contribution in [0.4, 0.5) is 0 Å². The van der Waals surface area contributed by atoms with Crippen LogP contribution < -0.4 is 0 Å². The first-order valence-corrected chi connectivity index (χ1v) is 38.4. The molecule has 0 saturated heterocycles. The molecule has 0 aliphatic rings. The average Bonchev–Trinajstić information content (AvgIpc) is 3.46. The second-order valence-electron chi connectivity index (χ2n) is 26.9. The molecule has 2 atom stereocenters. The number of esters is 2. The molecule has 0 aliphatic carbocycles. The summed E-state index contributed by atoms with van der Waals surface area (Å²) >= 11 is 0. The zero-order valence-corrected chi connectivity index (χ0v) is 60.2. The van der Waals surface area contributed by atoms with Crippen molar-refractivity contribution >= 4 is 17.9 Å². The van der Waals surface area contributed by atoms with Crippen molar-refractivity contribution in [2.24, 2.45) is 0 Å². The summed E-state index contributed by atoms with van der Waals surface area (Å²) in [6.07, 6.45) is 97.0. The molecule has 0 heterocycles. The number of likely N-dealkylation sites (N-methyl/N-ethyl adjacent to an activating group) is 1. The summed E-state index contributed by atoms with van der Waals surface area (Å²) < 4.78 is 23.0. The first kappa shape index (κ1) is 87.2. The lowest BCUT2D eigenvalue weighted by atomic mass is 10.0. The Morgan fingerprint density at radius 2 is 0.626 bits per heavy atom. The van der Waals surface area contributed by atoms with Gasteiger partial charge in [-0.3, -0.25) is 9.59 Å². The first-order chi connectivity index (χ1) is 44.6. The number of nitrogens with zero attached hydrogens (tertiary/aromatic N) is 1. The molecule has 0 bridgehead atoms.